The van der Waals surface area contributed by atoms with Crippen molar-refractivity contribution in [3.63, 3.8) is 0 Å². The van der Waals surface area contributed by atoms with Crippen molar-refractivity contribution in [3.05, 3.63) is 74.3 Å². The Morgan fingerprint density at radius 1 is 1.28 bits per heavy atom. The molecule has 2 N–H and O–H groups in total. The van der Waals surface area contributed by atoms with Gasteiger partial charge in [0, 0.05) is 17.0 Å². The number of rotatable bonds is 8. The summed E-state index contributed by atoms with van der Waals surface area (Å²) >= 11 is 5.95. The molecule has 0 bridgehead atoms. The van der Waals surface area contributed by atoms with Crippen LogP contribution in [0.5, 0.6) is 5.75 Å². The van der Waals surface area contributed by atoms with E-state index in [1.165, 1.54) is 31.4 Å². The molecule has 0 amide bonds. The molecule has 0 aliphatic heterocycles. The summed E-state index contributed by atoms with van der Waals surface area (Å²) in [5.74, 6) is -2.26. The first kappa shape index (κ1) is 24.0. The Hall–Kier alpha value is -2.69. The van der Waals surface area contributed by atoms with Crippen molar-refractivity contribution >= 4 is 21.6 Å². The third-order valence-electron chi connectivity index (χ3n) is 5.36. The predicted octanol–water partition coefficient (Wildman–Crippen LogP) is 3.99. The van der Waals surface area contributed by atoms with E-state index in [1.807, 2.05) is 6.92 Å². The van der Waals surface area contributed by atoms with Gasteiger partial charge >= 0.3 is 5.76 Å². The van der Waals surface area contributed by atoms with Crippen LogP contribution in [0, 0.1) is 19.7 Å². The summed E-state index contributed by atoms with van der Waals surface area (Å²) in [6.45, 7) is 5.36. The fraction of sp³-hybridized carbons (Fsp3) is 0.333. The van der Waals surface area contributed by atoms with Crippen LogP contribution in [0.1, 0.15) is 47.9 Å². The molecule has 0 saturated carbocycles. The quantitative estimate of drug-likeness (QED) is 0.500. The van der Waals surface area contributed by atoms with Crippen molar-refractivity contribution in [3.8, 4) is 5.75 Å². The summed E-state index contributed by atoms with van der Waals surface area (Å²) in [4.78, 5) is 11.5. The zero-order valence-corrected chi connectivity index (χ0v) is 19.5. The lowest BCUT2D eigenvalue weighted by Gasteiger charge is -2.27. The molecule has 2 atom stereocenters. The van der Waals surface area contributed by atoms with Crippen LogP contribution in [-0.4, -0.2) is 25.7 Å². The lowest BCUT2D eigenvalue weighted by atomic mass is 9.85. The van der Waals surface area contributed by atoms with Crippen LogP contribution in [0.2, 0.25) is 5.02 Å². The van der Waals surface area contributed by atoms with Crippen molar-refractivity contribution < 1.29 is 22.0 Å². The van der Waals surface area contributed by atoms with Gasteiger partial charge in [0.15, 0.2) is 0 Å². The lowest BCUT2D eigenvalue weighted by Crippen LogP contribution is -2.34. The van der Waals surface area contributed by atoms with E-state index in [2.05, 4.69) is 14.9 Å². The van der Waals surface area contributed by atoms with Gasteiger partial charge in [0.1, 0.15) is 22.5 Å². The zero-order valence-electron chi connectivity index (χ0n) is 17.9. The molecule has 0 saturated heterocycles. The first-order valence-corrected chi connectivity index (χ1v) is 11.6. The van der Waals surface area contributed by atoms with E-state index in [9.17, 15) is 17.6 Å². The fourth-order valence-electron chi connectivity index (χ4n) is 3.64. The second kappa shape index (κ2) is 9.43. The van der Waals surface area contributed by atoms with E-state index >= 15 is 0 Å². The van der Waals surface area contributed by atoms with Crippen LogP contribution >= 0.6 is 11.6 Å². The Morgan fingerprint density at radius 2 is 2.00 bits per heavy atom. The number of H-pyrrole nitrogens is 1. The predicted molar refractivity (Wildman–Crippen MR) is 117 cm³/mol. The SMILES string of the molecule is CCC(c1c(F)ccc(C)c1C)C(NS(=O)(=O)c1ccc(Cl)cc1OC)c1n[nH]c(=O)o1. The molecular weight excluding hydrogens is 461 g/mol. The molecule has 11 heteroatoms. The lowest BCUT2D eigenvalue weighted by molar-refractivity contribution is 0.360. The van der Waals surface area contributed by atoms with Gasteiger partial charge in [-0.2, -0.15) is 4.72 Å². The van der Waals surface area contributed by atoms with Crippen LogP contribution in [0.15, 0.2) is 44.4 Å². The Kier molecular flexibility index (Phi) is 7.06. The molecule has 8 nitrogen and oxygen atoms in total. The third-order valence-corrected chi connectivity index (χ3v) is 7.08. The molecule has 3 aromatic rings. The number of halogens is 2. The average Bonchev–Trinajstić information content (AvgIpc) is 3.18. The van der Waals surface area contributed by atoms with Crippen LogP contribution in [0.25, 0.3) is 0 Å². The molecule has 1 heterocycles. The Balaban J connectivity index is 2.16. The summed E-state index contributed by atoms with van der Waals surface area (Å²) in [6.07, 6.45) is 0.322. The number of ether oxygens (including phenoxy) is 1. The number of aromatic amines is 1. The molecule has 0 spiro atoms. The molecule has 0 aliphatic rings. The molecule has 0 aliphatic carbocycles. The standard InChI is InChI=1S/C21H23ClFN3O5S/c1-5-14(18-12(3)11(2)6-8-15(18)23)19(20-24-25-21(27)31-20)26-32(28,29)17-9-7-13(22)10-16(17)30-4/h6-10,14,19,26H,5H2,1-4H3,(H,25,27). The van der Waals surface area contributed by atoms with E-state index < -0.39 is 33.6 Å². The zero-order chi connectivity index (χ0) is 23.6. The number of hydrogen-bond donors (Lipinski definition) is 2. The maximum atomic E-state index is 14.9. The Labute approximate surface area is 189 Å². The van der Waals surface area contributed by atoms with Gasteiger partial charge in [-0.3, -0.25) is 0 Å². The van der Waals surface area contributed by atoms with Gasteiger partial charge in [-0.15, -0.1) is 5.10 Å². The summed E-state index contributed by atoms with van der Waals surface area (Å²) in [7, 11) is -2.91. The van der Waals surface area contributed by atoms with Crippen molar-refractivity contribution in [1.29, 1.82) is 0 Å². The van der Waals surface area contributed by atoms with Gasteiger partial charge < -0.3 is 9.15 Å². The summed E-state index contributed by atoms with van der Waals surface area (Å²) in [5.41, 5.74) is 1.82. The number of aryl methyl sites for hydroxylation is 1. The fourth-order valence-corrected chi connectivity index (χ4v) is 5.18. The second-order valence-corrected chi connectivity index (χ2v) is 9.38. The molecule has 32 heavy (non-hydrogen) atoms. The van der Waals surface area contributed by atoms with Crippen molar-refractivity contribution in [1.82, 2.24) is 14.9 Å². The monoisotopic (exact) mass is 483 g/mol. The minimum Gasteiger partial charge on any atom is -0.495 e. The first-order valence-electron chi connectivity index (χ1n) is 9.75. The first-order chi connectivity index (χ1) is 15.1. The van der Waals surface area contributed by atoms with E-state index in [4.69, 9.17) is 20.8 Å². The molecule has 2 aromatic carbocycles. The van der Waals surface area contributed by atoms with Gasteiger partial charge in [-0.05, 0) is 55.2 Å². The van der Waals surface area contributed by atoms with E-state index in [-0.39, 0.29) is 16.5 Å². The van der Waals surface area contributed by atoms with Crippen molar-refractivity contribution in [2.75, 3.05) is 7.11 Å². The molecular formula is C21H23ClFN3O5S. The molecule has 0 radical (unpaired) electrons. The smallest absolute Gasteiger partial charge is 0.434 e. The van der Waals surface area contributed by atoms with E-state index in [0.717, 1.165) is 5.56 Å². The van der Waals surface area contributed by atoms with E-state index in [0.29, 0.717) is 22.6 Å². The maximum absolute atomic E-state index is 14.9. The van der Waals surface area contributed by atoms with Crippen LogP contribution in [-0.2, 0) is 10.0 Å². The Bertz CT molecular complexity index is 1290. The Morgan fingerprint density at radius 3 is 2.59 bits per heavy atom. The van der Waals surface area contributed by atoms with Crippen molar-refractivity contribution in [2.24, 2.45) is 0 Å². The van der Waals surface area contributed by atoms with Crippen molar-refractivity contribution in [2.45, 2.75) is 44.0 Å². The molecule has 172 valence electrons. The highest BCUT2D eigenvalue weighted by atomic mass is 35.5. The highest BCUT2D eigenvalue weighted by Gasteiger charge is 2.36. The van der Waals surface area contributed by atoms with Crippen LogP contribution in [0.3, 0.4) is 0 Å². The number of sulfonamides is 1. The highest BCUT2D eigenvalue weighted by molar-refractivity contribution is 7.89. The van der Waals surface area contributed by atoms with Gasteiger partial charge in [-0.25, -0.2) is 22.7 Å². The average molecular weight is 484 g/mol. The maximum Gasteiger partial charge on any atom is 0.434 e. The topological polar surface area (TPSA) is 114 Å². The normalized spacial score (nSPS) is 13.7. The third kappa shape index (κ3) is 4.72. The van der Waals surface area contributed by atoms with Gasteiger partial charge in [0.2, 0.25) is 15.9 Å². The summed E-state index contributed by atoms with van der Waals surface area (Å²) in [6, 6.07) is 5.85. The molecule has 0 fully saturated rings. The molecule has 1 aromatic heterocycles. The van der Waals surface area contributed by atoms with Gasteiger partial charge in [-0.1, -0.05) is 24.6 Å². The summed E-state index contributed by atoms with van der Waals surface area (Å²) < 4.78 is 54.4. The van der Waals surface area contributed by atoms with E-state index in [1.54, 1.807) is 19.9 Å². The number of nitrogens with one attached hydrogen (secondary N) is 2. The van der Waals surface area contributed by atoms with Gasteiger partial charge in [0.05, 0.1) is 7.11 Å². The number of aromatic nitrogens is 2. The minimum absolute atomic E-state index is 0.0261. The van der Waals surface area contributed by atoms with Crippen LogP contribution < -0.4 is 15.2 Å². The molecule has 2 unspecified atom stereocenters. The largest absolute Gasteiger partial charge is 0.495 e. The van der Waals surface area contributed by atoms with Crippen LogP contribution in [0.4, 0.5) is 4.39 Å². The number of nitrogens with zero attached hydrogens (tertiary/aromatic N) is 1. The van der Waals surface area contributed by atoms with Gasteiger partial charge in [0.25, 0.3) is 0 Å². The molecule has 3 rings (SSSR count). The number of methoxy groups -OCH3 is 1. The summed E-state index contributed by atoms with van der Waals surface area (Å²) in [5, 5.41) is 6.24. The second-order valence-electron chi connectivity index (χ2n) is 7.26. The minimum atomic E-state index is -4.23. The number of benzene rings is 2. The number of hydrogen-bond acceptors (Lipinski definition) is 6. The highest BCUT2D eigenvalue weighted by Crippen LogP contribution is 2.38.